The summed E-state index contributed by atoms with van der Waals surface area (Å²) in [7, 11) is 1.65. The highest BCUT2D eigenvalue weighted by molar-refractivity contribution is 5.56. The summed E-state index contributed by atoms with van der Waals surface area (Å²) < 4.78 is 21.8. The average Bonchev–Trinajstić information content (AvgIpc) is 3.01. The van der Waals surface area contributed by atoms with Crippen LogP contribution in [0.15, 0.2) is 36.4 Å². The molecule has 2 aromatic carbocycles. The number of methoxy groups -OCH3 is 1. The van der Waals surface area contributed by atoms with Crippen LogP contribution in [0.25, 0.3) is 0 Å². The number of hydrogen-bond acceptors (Lipinski definition) is 5. The van der Waals surface area contributed by atoms with Crippen LogP contribution in [0.5, 0.6) is 23.0 Å². The first kappa shape index (κ1) is 14.4. The van der Waals surface area contributed by atoms with Crippen molar-refractivity contribution in [2.45, 2.75) is 13.5 Å². The largest absolute Gasteiger partial charge is 0.493 e. The minimum atomic E-state index is 0.281. The molecule has 5 nitrogen and oxygen atoms in total. The van der Waals surface area contributed by atoms with Crippen molar-refractivity contribution in [1.29, 1.82) is 0 Å². The van der Waals surface area contributed by atoms with Crippen molar-refractivity contribution in [3.63, 3.8) is 0 Å². The van der Waals surface area contributed by atoms with Crippen LogP contribution in [-0.4, -0.2) is 20.5 Å². The molecule has 0 atom stereocenters. The second-order valence-electron chi connectivity index (χ2n) is 4.80. The van der Waals surface area contributed by atoms with Gasteiger partial charge < -0.3 is 24.3 Å². The highest BCUT2D eigenvalue weighted by Crippen LogP contribution is 2.35. The highest BCUT2D eigenvalue weighted by Gasteiger charge is 2.14. The monoisotopic (exact) mass is 301 g/mol. The summed E-state index contributed by atoms with van der Waals surface area (Å²) in [5.74, 6) is 3.06. The van der Waals surface area contributed by atoms with E-state index in [0.717, 1.165) is 34.2 Å². The molecule has 0 aromatic heterocycles. The van der Waals surface area contributed by atoms with Gasteiger partial charge in [0.2, 0.25) is 6.79 Å². The molecule has 0 radical (unpaired) electrons. The van der Waals surface area contributed by atoms with E-state index in [-0.39, 0.29) is 6.79 Å². The van der Waals surface area contributed by atoms with E-state index in [1.807, 2.05) is 43.3 Å². The quantitative estimate of drug-likeness (QED) is 0.885. The molecule has 0 spiro atoms. The molecule has 5 heteroatoms. The van der Waals surface area contributed by atoms with Crippen molar-refractivity contribution in [2.75, 3.05) is 25.8 Å². The summed E-state index contributed by atoms with van der Waals surface area (Å²) in [4.78, 5) is 0. The van der Waals surface area contributed by atoms with E-state index in [1.165, 1.54) is 0 Å². The Bertz CT molecular complexity index is 657. The Morgan fingerprint density at radius 2 is 2.00 bits per heavy atom. The molecule has 0 bridgehead atoms. The van der Waals surface area contributed by atoms with Gasteiger partial charge in [0.25, 0.3) is 0 Å². The van der Waals surface area contributed by atoms with Crippen molar-refractivity contribution >= 4 is 5.69 Å². The van der Waals surface area contributed by atoms with Gasteiger partial charge in [-0.2, -0.15) is 0 Å². The van der Waals surface area contributed by atoms with Gasteiger partial charge in [-0.1, -0.05) is 12.1 Å². The third kappa shape index (κ3) is 2.88. The molecule has 0 amide bonds. The van der Waals surface area contributed by atoms with Crippen molar-refractivity contribution < 1.29 is 18.9 Å². The fourth-order valence-corrected chi connectivity index (χ4v) is 2.37. The maximum absolute atomic E-state index is 5.71. The molecule has 0 unspecified atom stereocenters. The van der Waals surface area contributed by atoms with Gasteiger partial charge in [-0.05, 0) is 25.1 Å². The van der Waals surface area contributed by atoms with Gasteiger partial charge in [0.05, 0.1) is 13.7 Å². The summed E-state index contributed by atoms with van der Waals surface area (Å²) in [6.07, 6.45) is 0. The molecular formula is C17H19NO4. The van der Waals surface area contributed by atoms with E-state index in [1.54, 1.807) is 7.11 Å². The number of hydrogen-bond donors (Lipinski definition) is 1. The normalized spacial score (nSPS) is 12.1. The lowest BCUT2D eigenvalue weighted by molar-refractivity contribution is 0.174. The molecule has 0 aliphatic carbocycles. The van der Waals surface area contributed by atoms with E-state index in [9.17, 15) is 0 Å². The standard InChI is InChI=1S/C17H19NO4/c1-3-20-17-12(5-4-6-15(17)19-2)10-18-13-7-8-14-16(9-13)22-11-21-14/h4-9,18H,3,10-11H2,1-2H3. The van der Waals surface area contributed by atoms with Crippen LogP contribution in [0.4, 0.5) is 5.69 Å². The topological polar surface area (TPSA) is 49.0 Å². The molecule has 116 valence electrons. The maximum atomic E-state index is 5.71. The van der Waals surface area contributed by atoms with E-state index in [4.69, 9.17) is 18.9 Å². The fourth-order valence-electron chi connectivity index (χ4n) is 2.37. The van der Waals surface area contributed by atoms with Gasteiger partial charge in [0, 0.05) is 23.9 Å². The van der Waals surface area contributed by atoms with E-state index in [2.05, 4.69) is 5.32 Å². The number of anilines is 1. The Morgan fingerprint density at radius 1 is 1.14 bits per heavy atom. The predicted molar refractivity (Wildman–Crippen MR) is 84.1 cm³/mol. The van der Waals surface area contributed by atoms with Gasteiger partial charge in [0.15, 0.2) is 23.0 Å². The smallest absolute Gasteiger partial charge is 0.231 e. The van der Waals surface area contributed by atoms with E-state index < -0.39 is 0 Å². The third-order valence-electron chi connectivity index (χ3n) is 3.42. The molecule has 2 aromatic rings. The van der Waals surface area contributed by atoms with E-state index >= 15 is 0 Å². The number of benzene rings is 2. The summed E-state index contributed by atoms with van der Waals surface area (Å²) in [6, 6.07) is 11.7. The first-order valence-corrected chi connectivity index (χ1v) is 7.24. The zero-order valence-corrected chi connectivity index (χ0v) is 12.7. The van der Waals surface area contributed by atoms with Crippen molar-refractivity contribution in [3.05, 3.63) is 42.0 Å². The van der Waals surface area contributed by atoms with Crippen LogP contribution in [0.3, 0.4) is 0 Å². The lowest BCUT2D eigenvalue weighted by Crippen LogP contribution is -2.04. The Hall–Kier alpha value is -2.56. The van der Waals surface area contributed by atoms with Crippen molar-refractivity contribution in [1.82, 2.24) is 0 Å². The molecule has 22 heavy (non-hydrogen) atoms. The number of para-hydroxylation sites is 1. The van der Waals surface area contributed by atoms with Crippen LogP contribution in [-0.2, 0) is 6.54 Å². The summed E-state index contributed by atoms with van der Waals surface area (Å²) in [5.41, 5.74) is 2.01. The van der Waals surface area contributed by atoms with Gasteiger partial charge >= 0.3 is 0 Å². The van der Waals surface area contributed by atoms with Gasteiger partial charge in [-0.25, -0.2) is 0 Å². The van der Waals surface area contributed by atoms with Crippen LogP contribution in [0, 0.1) is 0 Å². The number of ether oxygens (including phenoxy) is 4. The maximum Gasteiger partial charge on any atom is 0.231 e. The average molecular weight is 301 g/mol. The van der Waals surface area contributed by atoms with Crippen LogP contribution in [0.2, 0.25) is 0 Å². The molecule has 1 aliphatic heterocycles. The molecule has 0 fully saturated rings. The summed E-state index contributed by atoms with van der Waals surface area (Å²) >= 11 is 0. The lowest BCUT2D eigenvalue weighted by atomic mass is 10.1. The molecule has 0 saturated heterocycles. The van der Waals surface area contributed by atoms with E-state index in [0.29, 0.717) is 13.2 Å². The van der Waals surface area contributed by atoms with Crippen molar-refractivity contribution in [3.8, 4) is 23.0 Å². The first-order valence-electron chi connectivity index (χ1n) is 7.24. The minimum absolute atomic E-state index is 0.281. The molecular weight excluding hydrogens is 282 g/mol. The third-order valence-corrected chi connectivity index (χ3v) is 3.42. The van der Waals surface area contributed by atoms with Crippen LogP contribution in [0.1, 0.15) is 12.5 Å². The van der Waals surface area contributed by atoms with Gasteiger partial charge in [-0.3, -0.25) is 0 Å². The second kappa shape index (κ2) is 6.47. The SMILES string of the molecule is CCOc1c(CNc2ccc3c(c2)OCO3)cccc1OC. The highest BCUT2D eigenvalue weighted by atomic mass is 16.7. The summed E-state index contributed by atoms with van der Waals surface area (Å²) in [5, 5.41) is 3.37. The molecule has 1 N–H and O–H groups in total. The Morgan fingerprint density at radius 3 is 2.82 bits per heavy atom. The Labute approximate surface area is 129 Å². The van der Waals surface area contributed by atoms with Crippen LogP contribution < -0.4 is 24.3 Å². The zero-order chi connectivity index (χ0) is 15.4. The minimum Gasteiger partial charge on any atom is -0.493 e. The fraction of sp³-hybridized carbons (Fsp3) is 0.294. The zero-order valence-electron chi connectivity index (χ0n) is 12.7. The molecule has 1 aliphatic rings. The first-order chi connectivity index (χ1) is 10.8. The number of fused-ring (bicyclic) bond motifs is 1. The second-order valence-corrected chi connectivity index (χ2v) is 4.80. The number of nitrogens with one attached hydrogen (secondary N) is 1. The Kier molecular flexibility index (Phi) is 4.23. The molecule has 3 rings (SSSR count). The molecule has 0 saturated carbocycles. The molecule has 1 heterocycles. The van der Waals surface area contributed by atoms with Crippen LogP contribution >= 0.6 is 0 Å². The van der Waals surface area contributed by atoms with Gasteiger partial charge in [0.1, 0.15) is 0 Å². The lowest BCUT2D eigenvalue weighted by Gasteiger charge is -2.15. The predicted octanol–water partition coefficient (Wildman–Crippen LogP) is 3.43. The van der Waals surface area contributed by atoms with Gasteiger partial charge in [-0.15, -0.1) is 0 Å². The van der Waals surface area contributed by atoms with Crippen molar-refractivity contribution in [2.24, 2.45) is 0 Å². The number of rotatable bonds is 6. The Balaban J connectivity index is 1.76. The summed E-state index contributed by atoms with van der Waals surface area (Å²) in [6.45, 7) is 3.47.